The van der Waals surface area contributed by atoms with Gasteiger partial charge in [0.05, 0.1) is 51.9 Å². The maximum atomic E-state index is 5.63. The molecule has 0 aromatic carbocycles. The lowest BCUT2D eigenvalue weighted by Gasteiger charge is -2.04. The zero-order valence-electron chi connectivity index (χ0n) is 15.5. The van der Waals surface area contributed by atoms with E-state index in [1.807, 2.05) is 94.1 Å². The standard InChI is InChI=1S/C16H22I2O2S8/c1-21-11-13(23-9-7-19-5-3-17)27-15(25-11)16-26-12(22-2)14(28-16)24-10-8-20-6-4-18/h3-10H2,1-2H3/b16-15-. The molecule has 2 heterocycles. The second kappa shape index (κ2) is 16.9. The molecule has 0 aliphatic carbocycles. The molecule has 0 spiro atoms. The van der Waals surface area contributed by atoms with Crippen LogP contribution in [0, 0.1) is 0 Å². The Morgan fingerprint density at radius 1 is 0.643 bits per heavy atom. The van der Waals surface area contributed by atoms with Crippen LogP contribution in [0.1, 0.15) is 0 Å². The van der Waals surface area contributed by atoms with E-state index in [1.165, 1.54) is 25.4 Å². The lowest BCUT2D eigenvalue weighted by atomic mass is 10.8. The molecule has 28 heavy (non-hydrogen) atoms. The van der Waals surface area contributed by atoms with Gasteiger partial charge >= 0.3 is 0 Å². The molecule has 0 radical (unpaired) electrons. The van der Waals surface area contributed by atoms with E-state index in [9.17, 15) is 0 Å². The van der Waals surface area contributed by atoms with Crippen molar-refractivity contribution in [3.8, 4) is 0 Å². The smallest absolute Gasteiger partial charge is 0.0717 e. The molecule has 2 aliphatic heterocycles. The Morgan fingerprint density at radius 2 is 1.04 bits per heavy atom. The van der Waals surface area contributed by atoms with E-state index in [0.717, 1.165) is 46.8 Å². The number of ether oxygens (including phenoxy) is 2. The van der Waals surface area contributed by atoms with Gasteiger partial charge in [0.1, 0.15) is 0 Å². The van der Waals surface area contributed by atoms with Crippen LogP contribution in [0.15, 0.2) is 25.4 Å². The third kappa shape index (κ3) is 9.72. The van der Waals surface area contributed by atoms with E-state index in [2.05, 4.69) is 57.7 Å². The zero-order valence-corrected chi connectivity index (χ0v) is 26.3. The van der Waals surface area contributed by atoms with Crippen LogP contribution >= 0.6 is 139 Å². The van der Waals surface area contributed by atoms with Crippen LogP contribution in [0.3, 0.4) is 0 Å². The average molecular weight is 757 g/mol. The highest BCUT2D eigenvalue weighted by molar-refractivity contribution is 14.1. The van der Waals surface area contributed by atoms with Crippen molar-refractivity contribution in [3.63, 3.8) is 0 Å². The van der Waals surface area contributed by atoms with Crippen LogP contribution in [0.4, 0.5) is 0 Å². The molecule has 0 aromatic heterocycles. The van der Waals surface area contributed by atoms with Crippen LogP contribution in [-0.2, 0) is 9.47 Å². The highest BCUT2D eigenvalue weighted by atomic mass is 127. The summed E-state index contributed by atoms with van der Waals surface area (Å²) in [6.45, 7) is 3.37. The van der Waals surface area contributed by atoms with Crippen LogP contribution in [0.2, 0.25) is 0 Å². The highest BCUT2D eigenvalue weighted by Gasteiger charge is 2.30. The van der Waals surface area contributed by atoms with Crippen LogP contribution < -0.4 is 0 Å². The summed E-state index contributed by atoms with van der Waals surface area (Å²) in [5.74, 6) is 2.05. The maximum absolute atomic E-state index is 5.63. The molecule has 0 saturated heterocycles. The molecule has 2 aliphatic rings. The van der Waals surface area contributed by atoms with Gasteiger partial charge in [0, 0.05) is 20.4 Å². The van der Waals surface area contributed by atoms with Crippen LogP contribution in [0.25, 0.3) is 0 Å². The molecule has 2 nitrogen and oxygen atoms in total. The van der Waals surface area contributed by atoms with Gasteiger partial charge in [0.25, 0.3) is 0 Å². The molecule has 0 atom stereocenters. The molecule has 0 bridgehead atoms. The minimum absolute atomic E-state index is 0.831. The lowest BCUT2D eigenvalue weighted by molar-refractivity contribution is 0.169. The van der Waals surface area contributed by atoms with Crippen molar-refractivity contribution in [2.75, 3.05) is 59.3 Å². The zero-order chi connectivity index (χ0) is 20.2. The van der Waals surface area contributed by atoms with Crippen molar-refractivity contribution >= 4 is 139 Å². The van der Waals surface area contributed by atoms with E-state index < -0.39 is 0 Å². The van der Waals surface area contributed by atoms with Gasteiger partial charge in [-0.25, -0.2) is 0 Å². The van der Waals surface area contributed by atoms with Crippen molar-refractivity contribution in [3.05, 3.63) is 25.4 Å². The Kier molecular flexibility index (Phi) is 16.7. The number of hydrogen-bond donors (Lipinski definition) is 0. The molecular weight excluding hydrogens is 735 g/mol. The fourth-order valence-electron chi connectivity index (χ4n) is 1.84. The normalized spacial score (nSPS) is 20.1. The van der Waals surface area contributed by atoms with E-state index >= 15 is 0 Å². The quantitative estimate of drug-likeness (QED) is 0.0974. The predicted octanol–water partition coefficient (Wildman–Crippen LogP) is 8.42. The molecule has 2 rings (SSSR count). The van der Waals surface area contributed by atoms with Crippen molar-refractivity contribution in [2.45, 2.75) is 0 Å². The lowest BCUT2D eigenvalue weighted by Crippen LogP contribution is -1.99. The molecule has 0 N–H and O–H groups in total. The first kappa shape index (κ1) is 27.6. The number of alkyl halides is 2. The summed E-state index contributed by atoms with van der Waals surface area (Å²) in [4.78, 5) is 0. The second-order valence-electron chi connectivity index (χ2n) is 4.84. The molecule has 12 heteroatoms. The minimum atomic E-state index is 0.831. The third-order valence-corrected chi connectivity index (χ3v) is 15.1. The Bertz CT molecular complexity index is 547. The van der Waals surface area contributed by atoms with Gasteiger partial charge in [0.2, 0.25) is 0 Å². The van der Waals surface area contributed by atoms with Gasteiger partial charge in [-0.15, -0.1) is 47.0 Å². The molecule has 0 amide bonds. The topological polar surface area (TPSA) is 18.5 Å². The summed E-state index contributed by atoms with van der Waals surface area (Å²) in [5.41, 5.74) is 0. The second-order valence-corrected chi connectivity index (χ2v) is 16.5. The summed E-state index contributed by atoms with van der Waals surface area (Å²) in [7, 11) is 0. The first-order chi connectivity index (χ1) is 13.7. The van der Waals surface area contributed by atoms with Crippen molar-refractivity contribution in [1.82, 2.24) is 0 Å². The van der Waals surface area contributed by atoms with E-state index in [1.54, 1.807) is 0 Å². The highest BCUT2D eigenvalue weighted by Crippen LogP contribution is 2.65. The largest absolute Gasteiger partial charge is 0.380 e. The van der Waals surface area contributed by atoms with Crippen molar-refractivity contribution < 1.29 is 9.47 Å². The molecule has 0 unspecified atom stereocenters. The number of halogens is 2. The Labute approximate surface area is 230 Å². The molecule has 0 saturated carbocycles. The predicted molar refractivity (Wildman–Crippen MR) is 163 cm³/mol. The summed E-state index contributed by atoms with van der Waals surface area (Å²) in [6.07, 6.45) is 4.36. The van der Waals surface area contributed by atoms with Gasteiger partial charge in [-0.3, -0.25) is 0 Å². The maximum Gasteiger partial charge on any atom is 0.0717 e. The van der Waals surface area contributed by atoms with Gasteiger partial charge < -0.3 is 9.47 Å². The Hall–Kier alpha value is 3.40. The van der Waals surface area contributed by atoms with Gasteiger partial charge in [-0.1, -0.05) is 92.2 Å². The van der Waals surface area contributed by atoms with E-state index in [-0.39, 0.29) is 0 Å². The summed E-state index contributed by atoms with van der Waals surface area (Å²) < 4.78 is 22.0. The number of rotatable bonds is 14. The SMILES string of the molecule is CSC1=C(SCCOCCI)S/C(=C2/SC(SC)=C(SCCOCCI)S2)S1. The number of hydrogen-bond acceptors (Lipinski definition) is 10. The Balaban J connectivity index is 1.87. The first-order valence-corrected chi connectivity index (χ1v) is 19.0. The van der Waals surface area contributed by atoms with E-state index in [4.69, 9.17) is 9.47 Å². The third-order valence-electron chi connectivity index (χ3n) is 2.98. The van der Waals surface area contributed by atoms with Crippen molar-refractivity contribution in [2.24, 2.45) is 0 Å². The Morgan fingerprint density at radius 3 is 1.39 bits per heavy atom. The minimum Gasteiger partial charge on any atom is -0.380 e. The monoisotopic (exact) mass is 756 g/mol. The van der Waals surface area contributed by atoms with Gasteiger partial charge in [-0.2, -0.15) is 0 Å². The van der Waals surface area contributed by atoms with Crippen molar-refractivity contribution in [1.29, 1.82) is 0 Å². The molecular formula is C16H22I2O2S8. The van der Waals surface area contributed by atoms with E-state index in [0.29, 0.717) is 0 Å². The number of thioether (sulfide) groups is 8. The van der Waals surface area contributed by atoms with Crippen LogP contribution in [-0.4, -0.2) is 59.3 Å². The molecule has 160 valence electrons. The van der Waals surface area contributed by atoms with Crippen LogP contribution in [0.5, 0.6) is 0 Å². The van der Waals surface area contributed by atoms with Gasteiger partial charge in [-0.05, 0) is 12.5 Å². The van der Waals surface area contributed by atoms with Gasteiger partial charge in [0.15, 0.2) is 0 Å². The summed E-state index contributed by atoms with van der Waals surface area (Å²) in [6, 6.07) is 0. The molecule has 0 aromatic rings. The average Bonchev–Trinajstić information content (AvgIpc) is 3.31. The summed E-state index contributed by atoms with van der Waals surface area (Å²) >= 11 is 20.1. The summed E-state index contributed by atoms with van der Waals surface area (Å²) in [5, 5.41) is 0. The fourth-order valence-corrected chi connectivity index (χ4v) is 13.5. The first-order valence-electron chi connectivity index (χ1n) is 8.28. The fraction of sp³-hybridized carbons (Fsp3) is 0.625. The molecule has 0 fully saturated rings.